The number of carbonyl (C=O) groups is 1. The molecule has 1 saturated heterocycles. The summed E-state index contributed by atoms with van der Waals surface area (Å²) in [7, 11) is 0. The van der Waals surface area contributed by atoms with E-state index in [1.165, 1.54) is 6.33 Å². The molecule has 1 N–H and O–H groups in total. The van der Waals surface area contributed by atoms with Crippen LogP contribution >= 0.6 is 0 Å². The number of carbonyl (C=O) groups excluding carboxylic acids is 1. The maximum absolute atomic E-state index is 11.4. The van der Waals surface area contributed by atoms with Crippen LogP contribution in [0.3, 0.4) is 0 Å². The van der Waals surface area contributed by atoms with Crippen molar-refractivity contribution in [2.24, 2.45) is 0 Å². The summed E-state index contributed by atoms with van der Waals surface area (Å²) in [4.78, 5) is 17.4. The quantitative estimate of drug-likeness (QED) is 0.700. The van der Waals surface area contributed by atoms with Crippen molar-refractivity contribution < 1.29 is 4.79 Å². The van der Waals surface area contributed by atoms with E-state index in [1.807, 2.05) is 6.92 Å². The first kappa shape index (κ1) is 10.1. The van der Waals surface area contributed by atoms with Crippen LogP contribution in [0.15, 0.2) is 12.7 Å². The van der Waals surface area contributed by atoms with E-state index in [-0.39, 0.29) is 11.9 Å². The monoisotopic (exact) mass is 209 g/mol. The van der Waals surface area contributed by atoms with Crippen LogP contribution in [0, 0.1) is 0 Å². The molecule has 0 radical (unpaired) electrons. The van der Waals surface area contributed by atoms with Gasteiger partial charge in [-0.05, 0) is 6.92 Å². The van der Waals surface area contributed by atoms with Crippen LogP contribution in [0.1, 0.15) is 6.92 Å². The van der Waals surface area contributed by atoms with Crippen molar-refractivity contribution >= 4 is 5.91 Å². The first-order valence-electron chi connectivity index (χ1n) is 5.11. The third kappa shape index (κ3) is 2.33. The number of piperazine rings is 1. The number of hydrogen-bond donors (Lipinski definition) is 1. The number of nitrogens with one attached hydrogen (secondary N) is 1. The Balaban J connectivity index is 1.86. The van der Waals surface area contributed by atoms with E-state index in [0.717, 1.165) is 26.2 Å². The molecule has 1 amide bonds. The van der Waals surface area contributed by atoms with Crippen LogP contribution in [0.5, 0.6) is 0 Å². The fourth-order valence-corrected chi connectivity index (χ4v) is 1.71. The Morgan fingerprint density at radius 2 is 2.47 bits per heavy atom. The lowest BCUT2D eigenvalue weighted by Gasteiger charge is -2.32. The molecule has 0 bridgehead atoms. The molecule has 15 heavy (non-hydrogen) atoms. The smallest absolute Gasteiger partial charge is 0.237 e. The molecule has 6 nitrogen and oxygen atoms in total. The minimum atomic E-state index is -0.0396. The normalized spacial score (nSPS) is 22.7. The second-order valence-corrected chi connectivity index (χ2v) is 3.66. The number of nitrogens with zero attached hydrogens (tertiary/aromatic N) is 4. The third-order valence-corrected chi connectivity index (χ3v) is 2.71. The van der Waals surface area contributed by atoms with E-state index in [4.69, 9.17) is 0 Å². The third-order valence-electron chi connectivity index (χ3n) is 2.71. The molecule has 2 rings (SSSR count). The van der Waals surface area contributed by atoms with Gasteiger partial charge in [-0.1, -0.05) is 0 Å². The first-order valence-corrected chi connectivity index (χ1v) is 5.11. The fourth-order valence-electron chi connectivity index (χ4n) is 1.71. The maximum Gasteiger partial charge on any atom is 0.237 e. The zero-order valence-electron chi connectivity index (χ0n) is 8.76. The highest BCUT2D eigenvalue weighted by atomic mass is 16.2. The Labute approximate surface area is 88.3 Å². The summed E-state index contributed by atoms with van der Waals surface area (Å²) in [5.41, 5.74) is 0. The number of amides is 1. The minimum absolute atomic E-state index is 0.0396. The Hall–Kier alpha value is -1.43. The average Bonchev–Trinajstić information content (AvgIpc) is 2.73. The Bertz CT molecular complexity index is 323. The summed E-state index contributed by atoms with van der Waals surface area (Å²) in [6.07, 6.45) is 3.21. The molecule has 2 heterocycles. The van der Waals surface area contributed by atoms with E-state index < -0.39 is 0 Å². The lowest BCUT2D eigenvalue weighted by atomic mass is 10.2. The Morgan fingerprint density at radius 1 is 1.60 bits per heavy atom. The number of aromatic nitrogens is 3. The van der Waals surface area contributed by atoms with Crippen LogP contribution < -0.4 is 5.32 Å². The zero-order valence-corrected chi connectivity index (χ0v) is 8.76. The van der Waals surface area contributed by atoms with Crippen molar-refractivity contribution in [3.63, 3.8) is 0 Å². The minimum Gasteiger partial charge on any atom is -0.353 e. The molecular weight excluding hydrogens is 194 g/mol. The Morgan fingerprint density at radius 3 is 3.20 bits per heavy atom. The van der Waals surface area contributed by atoms with E-state index in [0.29, 0.717) is 0 Å². The molecular formula is C9H15N5O. The predicted molar refractivity (Wildman–Crippen MR) is 54.1 cm³/mol. The van der Waals surface area contributed by atoms with Gasteiger partial charge in [-0.3, -0.25) is 14.4 Å². The number of rotatable bonds is 3. The van der Waals surface area contributed by atoms with Gasteiger partial charge in [0.05, 0.1) is 12.6 Å². The molecule has 82 valence electrons. The highest BCUT2D eigenvalue weighted by Crippen LogP contribution is 2.03. The van der Waals surface area contributed by atoms with Crippen LogP contribution in [0.4, 0.5) is 0 Å². The van der Waals surface area contributed by atoms with E-state index in [1.54, 1.807) is 11.0 Å². The summed E-state index contributed by atoms with van der Waals surface area (Å²) < 4.78 is 1.78. The lowest BCUT2D eigenvalue weighted by molar-refractivity contribution is -0.128. The molecule has 1 unspecified atom stereocenters. The molecule has 0 aromatic carbocycles. The summed E-state index contributed by atoms with van der Waals surface area (Å²) >= 11 is 0. The van der Waals surface area contributed by atoms with Crippen molar-refractivity contribution in [3.8, 4) is 0 Å². The predicted octanol–water partition coefficient (Wildman–Crippen LogP) is -0.902. The summed E-state index contributed by atoms with van der Waals surface area (Å²) in [6, 6.07) is -0.0396. The molecule has 0 aliphatic carbocycles. The number of hydrogen-bond acceptors (Lipinski definition) is 4. The van der Waals surface area contributed by atoms with Gasteiger partial charge in [0.2, 0.25) is 5.91 Å². The van der Waals surface area contributed by atoms with Gasteiger partial charge in [-0.15, -0.1) is 0 Å². The van der Waals surface area contributed by atoms with Crippen molar-refractivity contribution in [1.29, 1.82) is 0 Å². The van der Waals surface area contributed by atoms with E-state index in [9.17, 15) is 4.79 Å². The summed E-state index contributed by atoms with van der Waals surface area (Å²) in [5.74, 6) is 0.111. The van der Waals surface area contributed by atoms with Gasteiger partial charge in [-0.25, -0.2) is 4.98 Å². The molecule has 0 saturated carbocycles. The molecule has 6 heteroatoms. The highest BCUT2D eigenvalue weighted by Gasteiger charge is 2.24. The molecule has 0 spiro atoms. The molecule has 1 fully saturated rings. The van der Waals surface area contributed by atoms with Gasteiger partial charge in [0, 0.05) is 19.6 Å². The van der Waals surface area contributed by atoms with Gasteiger partial charge in [-0.2, -0.15) is 5.10 Å². The van der Waals surface area contributed by atoms with Gasteiger partial charge in [0.1, 0.15) is 12.7 Å². The van der Waals surface area contributed by atoms with Gasteiger partial charge in [0.25, 0.3) is 0 Å². The van der Waals surface area contributed by atoms with E-state index >= 15 is 0 Å². The second kappa shape index (κ2) is 4.39. The SMILES string of the molecule is CC1C(=O)NCCN1CCn1cncn1. The standard InChI is InChI=1S/C9H15N5O/c1-8-9(15)11-2-3-13(8)4-5-14-7-10-6-12-14/h6-8H,2-5H2,1H3,(H,11,15). The summed E-state index contributed by atoms with van der Waals surface area (Å²) in [5, 5.41) is 6.86. The average molecular weight is 209 g/mol. The lowest BCUT2D eigenvalue weighted by Crippen LogP contribution is -2.54. The molecule has 1 aliphatic heterocycles. The fraction of sp³-hybridized carbons (Fsp3) is 0.667. The van der Waals surface area contributed by atoms with Gasteiger partial charge >= 0.3 is 0 Å². The van der Waals surface area contributed by atoms with Crippen molar-refractivity contribution in [2.75, 3.05) is 19.6 Å². The Kier molecular flexibility index (Phi) is 2.96. The second-order valence-electron chi connectivity index (χ2n) is 3.66. The molecule has 1 atom stereocenters. The highest BCUT2D eigenvalue weighted by molar-refractivity contribution is 5.81. The zero-order chi connectivity index (χ0) is 10.7. The van der Waals surface area contributed by atoms with Gasteiger partial charge in [0.15, 0.2) is 0 Å². The maximum atomic E-state index is 11.4. The largest absolute Gasteiger partial charge is 0.353 e. The topological polar surface area (TPSA) is 63.1 Å². The van der Waals surface area contributed by atoms with Crippen molar-refractivity contribution in [1.82, 2.24) is 25.0 Å². The van der Waals surface area contributed by atoms with Crippen LogP contribution in [0.2, 0.25) is 0 Å². The van der Waals surface area contributed by atoms with Crippen LogP contribution in [0.25, 0.3) is 0 Å². The van der Waals surface area contributed by atoms with Crippen LogP contribution in [-0.4, -0.2) is 51.2 Å². The van der Waals surface area contributed by atoms with Crippen molar-refractivity contribution in [2.45, 2.75) is 19.5 Å². The molecule has 1 aromatic heterocycles. The van der Waals surface area contributed by atoms with E-state index in [2.05, 4.69) is 20.3 Å². The van der Waals surface area contributed by atoms with Crippen LogP contribution in [-0.2, 0) is 11.3 Å². The summed E-state index contributed by atoms with van der Waals surface area (Å²) in [6.45, 7) is 5.17. The van der Waals surface area contributed by atoms with Gasteiger partial charge < -0.3 is 5.32 Å². The molecule has 1 aliphatic rings. The first-order chi connectivity index (χ1) is 7.27. The molecule has 1 aromatic rings. The van der Waals surface area contributed by atoms with Crippen molar-refractivity contribution in [3.05, 3.63) is 12.7 Å².